The Labute approximate surface area is 138 Å². The van der Waals surface area contributed by atoms with E-state index in [0.717, 1.165) is 39.1 Å². The largest absolute Gasteiger partial charge is 0.376 e. The Hall–Kier alpha value is -1.43. The van der Waals surface area contributed by atoms with Gasteiger partial charge in [0.1, 0.15) is 6.61 Å². The quantitative estimate of drug-likeness (QED) is 0.829. The molecule has 0 saturated carbocycles. The van der Waals surface area contributed by atoms with E-state index in [2.05, 4.69) is 24.1 Å². The molecular formula is C18H26N2O3. The highest BCUT2D eigenvalue weighted by molar-refractivity contribution is 5.78. The minimum atomic E-state index is 0.0740. The molecule has 3 rings (SSSR count). The van der Waals surface area contributed by atoms with Crippen molar-refractivity contribution in [3.63, 3.8) is 0 Å². The van der Waals surface area contributed by atoms with Crippen molar-refractivity contribution in [1.82, 2.24) is 9.80 Å². The van der Waals surface area contributed by atoms with Crippen molar-refractivity contribution in [3.8, 4) is 0 Å². The van der Waals surface area contributed by atoms with Gasteiger partial charge in [0.05, 0.1) is 18.8 Å². The first-order valence-corrected chi connectivity index (χ1v) is 8.46. The summed E-state index contributed by atoms with van der Waals surface area (Å²) < 4.78 is 11.1. The molecule has 0 N–H and O–H groups in total. The van der Waals surface area contributed by atoms with Crippen molar-refractivity contribution in [1.29, 1.82) is 0 Å². The summed E-state index contributed by atoms with van der Waals surface area (Å²) in [5, 5.41) is 0. The van der Waals surface area contributed by atoms with E-state index in [-0.39, 0.29) is 24.7 Å². The van der Waals surface area contributed by atoms with E-state index in [1.54, 1.807) is 0 Å². The standard InChI is InChI=1S/C18H26N2O3/c1-19-9-10-20(17(12-19)15-6-3-2-4-7-15)18(21)14-22-13-16-8-5-11-23-16/h2-4,6-7,16-17H,5,8-14H2,1H3/t16?,17-/m1/s1. The number of carbonyl (C=O) groups excluding carboxylic acids is 1. The van der Waals surface area contributed by atoms with Crippen molar-refractivity contribution in [2.45, 2.75) is 25.0 Å². The molecule has 0 aromatic heterocycles. The number of likely N-dealkylation sites (N-methyl/N-ethyl adjacent to an activating group) is 1. The molecule has 1 aromatic rings. The van der Waals surface area contributed by atoms with Crippen LogP contribution in [0.1, 0.15) is 24.4 Å². The lowest BCUT2D eigenvalue weighted by molar-refractivity contribution is -0.142. The Bertz CT molecular complexity index is 502. The summed E-state index contributed by atoms with van der Waals surface area (Å²) >= 11 is 0. The molecule has 2 fully saturated rings. The highest BCUT2D eigenvalue weighted by Crippen LogP contribution is 2.25. The van der Waals surface area contributed by atoms with E-state index < -0.39 is 0 Å². The molecule has 2 aliphatic rings. The van der Waals surface area contributed by atoms with E-state index >= 15 is 0 Å². The van der Waals surface area contributed by atoms with Gasteiger partial charge in [0.15, 0.2) is 0 Å². The third-order valence-corrected chi connectivity index (χ3v) is 4.64. The van der Waals surface area contributed by atoms with Gasteiger partial charge in [0.25, 0.3) is 0 Å². The molecule has 2 aliphatic heterocycles. The van der Waals surface area contributed by atoms with Gasteiger partial charge in [-0.05, 0) is 25.5 Å². The Balaban J connectivity index is 1.57. The first-order chi connectivity index (χ1) is 11.2. The Morgan fingerprint density at radius 1 is 1.30 bits per heavy atom. The molecule has 0 aliphatic carbocycles. The Kier molecular flexibility index (Phi) is 5.65. The van der Waals surface area contributed by atoms with E-state index in [0.29, 0.717) is 6.61 Å². The zero-order chi connectivity index (χ0) is 16.1. The molecule has 0 spiro atoms. The van der Waals surface area contributed by atoms with Crippen molar-refractivity contribution in [2.24, 2.45) is 0 Å². The van der Waals surface area contributed by atoms with E-state index in [1.807, 2.05) is 23.1 Å². The monoisotopic (exact) mass is 318 g/mol. The molecule has 2 heterocycles. The fourth-order valence-electron chi connectivity index (χ4n) is 3.31. The number of amides is 1. The molecule has 126 valence electrons. The van der Waals surface area contributed by atoms with Gasteiger partial charge >= 0.3 is 0 Å². The summed E-state index contributed by atoms with van der Waals surface area (Å²) in [4.78, 5) is 16.8. The van der Waals surface area contributed by atoms with Crippen LogP contribution in [0.3, 0.4) is 0 Å². The van der Waals surface area contributed by atoms with Crippen LogP contribution in [0.5, 0.6) is 0 Å². The van der Waals surface area contributed by atoms with Gasteiger partial charge in [-0.1, -0.05) is 30.3 Å². The molecular weight excluding hydrogens is 292 g/mol. The zero-order valence-electron chi connectivity index (χ0n) is 13.8. The normalized spacial score (nSPS) is 25.7. The highest BCUT2D eigenvalue weighted by atomic mass is 16.5. The number of ether oxygens (including phenoxy) is 2. The summed E-state index contributed by atoms with van der Waals surface area (Å²) in [5.74, 6) is 0.0740. The van der Waals surface area contributed by atoms with Crippen LogP contribution in [0.25, 0.3) is 0 Å². The van der Waals surface area contributed by atoms with Crippen LogP contribution < -0.4 is 0 Å². The SMILES string of the molecule is CN1CCN(C(=O)COCC2CCCO2)[C@@H](c2ccccc2)C1. The molecule has 2 saturated heterocycles. The maximum absolute atomic E-state index is 12.6. The molecule has 5 nitrogen and oxygen atoms in total. The van der Waals surface area contributed by atoms with Crippen molar-refractivity contribution in [2.75, 3.05) is 46.5 Å². The number of hydrogen-bond acceptors (Lipinski definition) is 4. The van der Waals surface area contributed by atoms with Gasteiger partial charge < -0.3 is 19.3 Å². The maximum atomic E-state index is 12.6. The smallest absolute Gasteiger partial charge is 0.249 e. The van der Waals surface area contributed by atoms with Gasteiger partial charge in [-0.2, -0.15) is 0 Å². The van der Waals surface area contributed by atoms with Gasteiger partial charge in [-0.25, -0.2) is 0 Å². The second kappa shape index (κ2) is 7.90. The first kappa shape index (κ1) is 16.4. The first-order valence-electron chi connectivity index (χ1n) is 8.46. The van der Waals surface area contributed by atoms with Crippen molar-refractivity contribution < 1.29 is 14.3 Å². The summed E-state index contributed by atoms with van der Waals surface area (Å²) in [6.45, 7) is 4.00. The molecule has 1 unspecified atom stereocenters. The van der Waals surface area contributed by atoms with E-state index in [4.69, 9.17) is 9.47 Å². The van der Waals surface area contributed by atoms with Gasteiger partial charge in [-0.3, -0.25) is 4.79 Å². The minimum Gasteiger partial charge on any atom is -0.376 e. The summed E-state index contributed by atoms with van der Waals surface area (Å²) in [5.41, 5.74) is 1.19. The van der Waals surface area contributed by atoms with Crippen LogP contribution in [0.2, 0.25) is 0 Å². The second-order valence-electron chi connectivity index (χ2n) is 6.43. The number of nitrogens with zero attached hydrogens (tertiary/aromatic N) is 2. The lowest BCUT2D eigenvalue weighted by Crippen LogP contribution is -2.50. The maximum Gasteiger partial charge on any atom is 0.249 e. The molecule has 23 heavy (non-hydrogen) atoms. The van der Waals surface area contributed by atoms with Crippen LogP contribution in [0, 0.1) is 0 Å². The van der Waals surface area contributed by atoms with E-state index in [9.17, 15) is 4.79 Å². The predicted molar refractivity (Wildman–Crippen MR) is 88.2 cm³/mol. The average Bonchev–Trinajstić information content (AvgIpc) is 3.09. The zero-order valence-corrected chi connectivity index (χ0v) is 13.8. The molecule has 1 aromatic carbocycles. The summed E-state index contributed by atoms with van der Waals surface area (Å²) in [6, 6.07) is 10.4. The second-order valence-corrected chi connectivity index (χ2v) is 6.43. The van der Waals surface area contributed by atoms with Crippen LogP contribution in [-0.4, -0.2) is 68.3 Å². The third-order valence-electron chi connectivity index (χ3n) is 4.64. The van der Waals surface area contributed by atoms with Gasteiger partial charge in [-0.15, -0.1) is 0 Å². The van der Waals surface area contributed by atoms with E-state index in [1.165, 1.54) is 5.56 Å². The third kappa shape index (κ3) is 4.31. The fourth-order valence-corrected chi connectivity index (χ4v) is 3.31. The highest BCUT2D eigenvalue weighted by Gasteiger charge is 2.30. The summed E-state index contributed by atoms with van der Waals surface area (Å²) in [6.07, 6.45) is 2.30. The molecule has 5 heteroatoms. The topological polar surface area (TPSA) is 42.0 Å². The number of piperazine rings is 1. The number of carbonyl (C=O) groups is 1. The Morgan fingerprint density at radius 3 is 2.87 bits per heavy atom. The average molecular weight is 318 g/mol. The van der Waals surface area contributed by atoms with Crippen LogP contribution in [0.4, 0.5) is 0 Å². The number of rotatable bonds is 5. The van der Waals surface area contributed by atoms with Crippen LogP contribution in [-0.2, 0) is 14.3 Å². The minimum absolute atomic E-state index is 0.0740. The lowest BCUT2D eigenvalue weighted by atomic mass is 10.0. The predicted octanol–water partition coefficient (Wildman–Crippen LogP) is 1.70. The van der Waals surface area contributed by atoms with Gasteiger partial charge in [0.2, 0.25) is 5.91 Å². The number of benzene rings is 1. The van der Waals surface area contributed by atoms with Gasteiger partial charge in [0, 0.05) is 26.2 Å². The molecule has 1 amide bonds. The lowest BCUT2D eigenvalue weighted by Gasteiger charge is -2.40. The number of hydrogen-bond donors (Lipinski definition) is 0. The van der Waals surface area contributed by atoms with Crippen molar-refractivity contribution in [3.05, 3.63) is 35.9 Å². The molecule has 0 radical (unpaired) electrons. The summed E-state index contributed by atoms with van der Waals surface area (Å²) in [7, 11) is 2.10. The van der Waals surface area contributed by atoms with Crippen LogP contribution >= 0.6 is 0 Å². The fraction of sp³-hybridized carbons (Fsp3) is 0.611. The Morgan fingerprint density at radius 2 is 2.13 bits per heavy atom. The van der Waals surface area contributed by atoms with Crippen LogP contribution in [0.15, 0.2) is 30.3 Å². The van der Waals surface area contributed by atoms with Crippen molar-refractivity contribution >= 4 is 5.91 Å². The molecule has 2 atom stereocenters. The molecule has 0 bridgehead atoms.